The number of hydrogen-bond acceptors (Lipinski definition) is 5. The molecule has 0 aromatic heterocycles. The summed E-state index contributed by atoms with van der Waals surface area (Å²) < 4.78 is 5.28. The van der Waals surface area contributed by atoms with Gasteiger partial charge in [0.15, 0.2) is 0 Å². The van der Waals surface area contributed by atoms with Crippen molar-refractivity contribution in [2.45, 2.75) is 38.0 Å². The van der Waals surface area contributed by atoms with Crippen LogP contribution in [0.2, 0.25) is 0 Å². The fraction of sp³-hybridized carbons (Fsp3) is 0.700. The molecule has 7 heteroatoms. The van der Waals surface area contributed by atoms with Crippen LogP contribution in [-0.2, 0) is 19.1 Å². The predicted octanol–water partition coefficient (Wildman–Crippen LogP) is -0.263. The number of rotatable bonds is 5. The molecule has 1 aliphatic heterocycles. The number of carbonyl (C=O) groups is 3. The minimum atomic E-state index is -0.982. The lowest BCUT2D eigenvalue weighted by Crippen LogP contribution is -2.47. The summed E-state index contributed by atoms with van der Waals surface area (Å²) in [4.78, 5) is 35.9. The summed E-state index contributed by atoms with van der Waals surface area (Å²) in [6.45, 7) is 5.44. The van der Waals surface area contributed by atoms with Crippen molar-refractivity contribution in [3.8, 4) is 0 Å². The molecule has 0 aromatic carbocycles. The lowest BCUT2D eigenvalue weighted by atomic mass is 9.75. The molecule has 1 fully saturated rings. The van der Waals surface area contributed by atoms with E-state index in [0.717, 1.165) is 4.81 Å². The van der Waals surface area contributed by atoms with Crippen molar-refractivity contribution >= 4 is 37.5 Å². The van der Waals surface area contributed by atoms with Crippen LogP contribution in [0.25, 0.3) is 0 Å². The van der Waals surface area contributed by atoms with Crippen molar-refractivity contribution in [2.24, 2.45) is 0 Å². The lowest BCUT2D eigenvalue weighted by molar-refractivity contribution is -0.137. The largest absolute Gasteiger partial charge is 0.369 e. The van der Waals surface area contributed by atoms with E-state index in [1.54, 1.807) is 20.8 Å². The van der Waals surface area contributed by atoms with Gasteiger partial charge in [0, 0.05) is 13.0 Å². The molecule has 1 saturated heterocycles. The van der Waals surface area contributed by atoms with Gasteiger partial charge in [-0.2, -0.15) is 12.6 Å². The van der Waals surface area contributed by atoms with E-state index in [-0.39, 0.29) is 25.4 Å². The van der Waals surface area contributed by atoms with Crippen LogP contribution < -0.4 is 0 Å². The van der Waals surface area contributed by atoms with Gasteiger partial charge in [-0.15, -0.1) is 0 Å². The number of carbonyl (C=O) groups excluding carboxylic acids is 3. The Morgan fingerprint density at radius 1 is 1.59 bits per heavy atom. The van der Waals surface area contributed by atoms with Crippen molar-refractivity contribution in [3.05, 3.63) is 0 Å². The zero-order chi connectivity index (χ0) is 13.2. The third kappa shape index (κ3) is 3.10. The molecular weight excluding hydrogens is 241 g/mol. The molecule has 0 bridgehead atoms. The van der Waals surface area contributed by atoms with Crippen LogP contribution in [0.3, 0.4) is 0 Å². The maximum absolute atomic E-state index is 11.9. The van der Waals surface area contributed by atoms with Crippen LogP contribution in [0.5, 0.6) is 0 Å². The summed E-state index contributed by atoms with van der Waals surface area (Å²) in [7, 11) is -0.234. The van der Waals surface area contributed by atoms with E-state index in [4.69, 9.17) is 4.74 Å². The SMILES string of the molecule is CCOC(C)(C)C(=O)BN1C(=O)CC(S)C1=O. The van der Waals surface area contributed by atoms with Gasteiger partial charge in [-0.25, -0.2) is 0 Å². The smallest absolute Gasteiger partial charge is 0.330 e. The van der Waals surface area contributed by atoms with E-state index in [9.17, 15) is 14.4 Å². The highest BCUT2D eigenvalue weighted by molar-refractivity contribution is 7.81. The molecule has 1 rings (SSSR count). The third-order valence-electron chi connectivity index (χ3n) is 2.70. The molecule has 0 aromatic rings. The minimum Gasteiger partial charge on any atom is -0.369 e. The van der Waals surface area contributed by atoms with Gasteiger partial charge in [-0.3, -0.25) is 9.59 Å². The predicted molar refractivity (Wildman–Crippen MR) is 67.1 cm³/mol. The highest BCUT2D eigenvalue weighted by Gasteiger charge is 2.41. The third-order valence-corrected chi connectivity index (χ3v) is 3.10. The number of thiol groups is 1. The average molecular weight is 257 g/mol. The Bertz CT molecular complexity index is 358. The van der Waals surface area contributed by atoms with Crippen LogP contribution in [0.4, 0.5) is 0 Å². The molecule has 1 heterocycles. The number of imide groups is 1. The first kappa shape index (κ1) is 14.2. The molecule has 5 nitrogen and oxygen atoms in total. The summed E-state index contributed by atoms with van der Waals surface area (Å²) >= 11 is 3.99. The monoisotopic (exact) mass is 257 g/mol. The molecule has 0 aliphatic carbocycles. The van der Waals surface area contributed by atoms with E-state index >= 15 is 0 Å². The Kier molecular flexibility index (Phi) is 4.38. The Labute approximate surface area is 107 Å². The Hall–Kier alpha value is -0.815. The van der Waals surface area contributed by atoms with E-state index in [1.165, 1.54) is 0 Å². The van der Waals surface area contributed by atoms with Crippen LogP contribution >= 0.6 is 12.6 Å². The molecule has 94 valence electrons. The number of nitrogens with zero attached hydrogens (tertiary/aromatic N) is 1. The van der Waals surface area contributed by atoms with E-state index < -0.39 is 16.8 Å². The molecule has 0 spiro atoms. The van der Waals surface area contributed by atoms with Crippen LogP contribution in [-0.4, -0.2) is 47.2 Å². The molecule has 0 saturated carbocycles. The maximum Gasteiger partial charge on any atom is 0.330 e. The normalized spacial score (nSPS) is 20.9. The quantitative estimate of drug-likeness (QED) is 0.418. The van der Waals surface area contributed by atoms with Gasteiger partial charge in [0.2, 0.25) is 11.8 Å². The number of ether oxygens (including phenoxy) is 1. The summed E-state index contributed by atoms with van der Waals surface area (Å²) in [5, 5.41) is -0.620. The van der Waals surface area contributed by atoms with Crippen LogP contribution in [0.15, 0.2) is 0 Å². The van der Waals surface area contributed by atoms with Crippen molar-refractivity contribution in [1.82, 2.24) is 4.81 Å². The van der Waals surface area contributed by atoms with Crippen LogP contribution in [0, 0.1) is 0 Å². The Morgan fingerprint density at radius 3 is 2.59 bits per heavy atom. The first-order chi connectivity index (χ1) is 7.79. The van der Waals surface area contributed by atoms with Gasteiger partial charge in [0.05, 0.1) is 5.25 Å². The second kappa shape index (κ2) is 5.22. The highest BCUT2D eigenvalue weighted by atomic mass is 32.1. The second-order valence-electron chi connectivity index (χ2n) is 4.40. The Morgan fingerprint density at radius 2 is 2.18 bits per heavy atom. The maximum atomic E-state index is 11.9. The Balaban J connectivity index is 2.69. The molecule has 1 unspecified atom stereocenters. The molecule has 1 aliphatic rings. The number of hydrogen-bond donors (Lipinski definition) is 1. The molecular formula is C10H16BNO4S. The highest BCUT2D eigenvalue weighted by Crippen LogP contribution is 2.18. The van der Waals surface area contributed by atoms with Gasteiger partial charge >= 0.3 is 7.41 Å². The summed E-state index contributed by atoms with van der Waals surface area (Å²) in [5.41, 5.74) is -1.27. The molecule has 1 atom stereocenters. The fourth-order valence-corrected chi connectivity index (χ4v) is 1.90. The minimum absolute atomic E-state index is 0.0598. The van der Waals surface area contributed by atoms with Gasteiger partial charge < -0.3 is 14.3 Å². The molecule has 0 N–H and O–H groups in total. The van der Waals surface area contributed by atoms with Crippen molar-refractivity contribution < 1.29 is 19.1 Å². The standard InChI is InChI=1S/C10H16BNO4S/c1-4-16-10(2,3)9(15)11-12-7(13)5-6(17)8(12)14/h6,11,17H,4-5H2,1-3H3. The van der Waals surface area contributed by atoms with E-state index in [1.807, 2.05) is 0 Å². The van der Waals surface area contributed by atoms with E-state index in [0.29, 0.717) is 6.61 Å². The number of amides is 2. The molecule has 17 heavy (non-hydrogen) atoms. The second-order valence-corrected chi connectivity index (χ2v) is 5.03. The van der Waals surface area contributed by atoms with Crippen molar-refractivity contribution in [1.29, 1.82) is 0 Å². The molecule has 0 radical (unpaired) electrons. The molecule has 2 amide bonds. The van der Waals surface area contributed by atoms with E-state index in [2.05, 4.69) is 12.6 Å². The average Bonchev–Trinajstić information content (AvgIpc) is 2.45. The van der Waals surface area contributed by atoms with Gasteiger partial charge in [0.25, 0.3) is 0 Å². The zero-order valence-corrected chi connectivity index (χ0v) is 11.1. The summed E-state index contributed by atoms with van der Waals surface area (Å²) in [6.07, 6.45) is 0.0598. The van der Waals surface area contributed by atoms with Crippen LogP contribution in [0.1, 0.15) is 27.2 Å². The van der Waals surface area contributed by atoms with Crippen molar-refractivity contribution in [3.63, 3.8) is 0 Å². The van der Waals surface area contributed by atoms with Gasteiger partial charge in [-0.1, -0.05) is 0 Å². The lowest BCUT2D eigenvalue weighted by Gasteiger charge is -2.24. The van der Waals surface area contributed by atoms with Crippen molar-refractivity contribution in [2.75, 3.05) is 6.61 Å². The first-order valence-corrected chi connectivity index (χ1v) is 6.00. The summed E-state index contributed by atoms with van der Waals surface area (Å²) in [6, 6.07) is 0. The topological polar surface area (TPSA) is 63.7 Å². The van der Waals surface area contributed by atoms with Gasteiger partial charge in [-0.05, 0) is 20.8 Å². The fourth-order valence-electron chi connectivity index (χ4n) is 1.61. The summed E-state index contributed by atoms with van der Waals surface area (Å²) in [5.74, 6) is -0.755. The zero-order valence-electron chi connectivity index (χ0n) is 10.2. The first-order valence-electron chi connectivity index (χ1n) is 5.49. The van der Waals surface area contributed by atoms with Gasteiger partial charge in [0.1, 0.15) is 11.3 Å².